The minimum Gasteiger partial charge on any atom is -0.744 e. The summed E-state index contributed by atoms with van der Waals surface area (Å²) in [5, 5.41) is 18.2. The summed E-state index contributed by atoms with van der Waals surface area (Å²) in [5.41, 5.74) is -0.416. The number of carboxylic acids is 2. The van der Waals surface area contributed by atoms with Crippen LogP contribution < -0.4 is 68.6 Å². The Morgan fingerprint density at radius 2 is 0.857 bits per heavy atom. The molecule has 0 fully saturated rings. The molecule has 0 heterocycles. The van der Waals surface area contributed by atoms with Crippen LogP contribution in [0.3, 0.4) is 0 Å². The molecule has 0 atom stereocenters. The molecule has 0 saturated carbocycles. The monoisotopic (exact) mass is 630 g/mol. The van der Waals surface area contributed by atoms with E-state index < -0.39 is 42.0 Å². The van der Waals surface area contributed by atoms with E-state index in [-0.39, 0.29) is 104 Å². The summed E-state index contributed by atoms with van der Waals surface area (Å²) in [7, 11) is -10.0. The Labute approximate surface area is 284 Å². The van der Waals surface area contributed by atoms with Gasteiger partial charge in [0.25, 0.3) is 0 Å². The van der Waals surface area contributed by atoms with Crippen LogP contribution in [0.4, 0.5) is 0 Å². The van der Waals surface area contributed by atoms with Crippen molar-refractivity contribution >= 4 is 32.2 Å². The normalized spacial score (nSPS) is 11.0. The molecule has 0 unspecified atom stereocenters. The molecule has 0 saturated heterocycles. The third-order valence-corrected chi connectivity index (χ3v) is 7.09. The summed E-state index contributed by atoms with van der Waals surface area (Å²) in [4.78, 5) is 20.9. The van der Waals surface area contributed by atoms with E-state index in [4.69, 9.17) is 19.7 Å². The fourth-order valence-electron chi connectivity index (χ4n) is 3.51. The van der Waals surface area contributed by atoms with Gasteiger partial charge in [0.05, 0.1) is 20.9 Å². The molecule has 4 rings (SSSR count). The van der Waals surface area contributed by atoms with E-state index in [0.29, 0.717) is 0 Å². The van der Waals surface area contributed by atoms with Gasteiger partial charge in [-0.1, -0.05) is 0 Å². The van der Waals surface area contributed by atoms with Crippen molar-refractivity contribution in [3.63, 3.8) is 0 Å². The number of ether oxygens (including phenoxy) is 2. The fraction of sp³-hybridized carbons (Fsp3) is 0. The van der Waals surface area contributed by atoms with E-state index in [1.54, 1.807) is 0 Å². The Morgan fingerprint density at radius 1 is 0.548 bits per heavy atom. The first-order valence-corrected chi connectivity index (χ1v) is 13.8. The van der Waals surface area contributed by atoms with Crippen LogP contribution >= 0.6 is 0 Å². The molecule has 0 aliphatic carbocycles. The molecule has 0 aromatic heterocycles. The van der Waals surface area contributed by atoms with Gasteiger partial charge < -0.3 is 28.8 Å². The number of hydrogen-bond acceptors (Lipinski definition) is 10. The maximum Gasteiger partial charge on any atom is 1.00 e. The van der Waals surface area contributed by atoms with E-state index in [2.05, 4.69) is 0 Å². The molecule has 4 aromatic carbocycles. The van der Waals surface area contributed by atoms with Gasteiger partial charge in [-0.25, -0.2) is 26.4 Å². The molecular formula is C26H16Na2O12S2. The average molecular weight is 631 g/mol. The van der Waals surface area contributed by atoms with Crippen LogP contribution in [-0.2, 0) is 20.2 Å². The number of aromatic carboxylic acids is 2. The Bertz CT molecular complexity index is 1700. The van der Waals surface area contributed by atoms with Crippen LogP contribution in [0.2, 0.25) is 0 Å². The molecule has 42 heavy (non-hydrogen) atoms. The first kappa shape index (κ1) is 35.4. The summed E-state index contributed by atoms with van der Waals surface area (Å²) in [6.45, 7) is 0. The van der Waals surface area contributed by atoms with Gasteiger partial charge in [0, 0.05) is 11.1 Å². The first-order chi connectivity index (χ1) is 18.7. The van der Waals surface area contributed by atoms with Crippen molar-refractivity contribution in [2.75, 3.05) is 0 Å². The van der Waals surface area contributed by atoms with E-state index in [0.717, 1.165) is 36.4 Å². The smallest absolute Gasteiger partial charge is 0.744 e. The van der Waals surface area contributed by atoms with Crippen molar-refractivity contribution in [3.8, 4) is 34.1 Å². The van der Waals surface area contributed by atoms with Crippen LogP contribution in [0.1, 0.15) is 20.7 Å². The Morgan fingerprint density at radius 3 is 1.12 bits per heavy atom. The standard InChI is InChI=1S/C26H18O12S2.2Na/c27-25(28)15-1-5-17(6-2-15)37-23-11-9-19(39(31,32)33)13-21(23)22-14-20(40(34,35)36)10-12-24(22)38-18-7-3-16(4-8-18)26(29)30;;/h1-14H,(H,27,28)(H,29,30)(H,31,32,33)(H,34,35,36);;/q;2*+1/p-2. The van der Waals surface area contributed by atoms with E-state index in [1.165, 1.54) is 48.5 Å². The summed E-state index contributed by atoms with van der Waals surface area (Å²) in [5.74, 6) is -2.40. The molecule has 0 radical (unpaired) electrons. The average Bonchev–Trinajstić information content (AvgIpc) is 2.88. The number of rotatable bonds is 9. The molecule has 16 heteroatoms. The summed E-state index contributed by atoms with van der Waals surface area (Å²) < 4.78 is 82.4. The van der Waals surface area contributed by atoms with Crippen LogP contribution in [0.15, 0.2) is 94.7 Å². The summed E-state index contributed by atoms with van der Waals surface area (Å²) in [6.07, 6.45) is 0. The number of hydrogen-bond donors (Lipinski definition) is 2. The van der Waals surface area contributed by atoms with E-state index in [1.807, 2.05) is 0 Å². The zero-order valence-electron chi connectivity index (χ0n) is 21.9. The Hall–Kier alpha value is -2.76. The second kappa shape index (κ2) is 14.1. The minimum atomic E-state index is -5.01. The quantitative estimate of drug-likeness (QED) is 0.154. The maximum absolute atomic E-state index is 11.8. The molecule has 0 spiro atoms. The molecule has 12 nitrogen and oxygen atoms in total. The fourth-order valence-corrected chi connectivity index (χ4v) is 4.51. The Kier molecular flexibility index (Phi) is 11.9. The molecule has 0 bridgehead atoms. The van der Waals surface area contributed by atoms with E-state index in [9.17, 15) is 35.5 Å². The number of carboxylic acid groups (broad SMARTS) is 2. The van der Waals surface area contributed by atoms with Gasteiger partial charge in [-0.05, 0) is 84.9 Å². The third-order valence-electron chi connectivity index (χ3n) is 5.43. The van der Waals surface area contributed by atoms with Gasteiger partial charge in [-0.15, -0.1) is 0 Å². The molecule has 0 aliphatic heterocycles. The SMILES string of the molecule is O=C(O)c1ccc(Oc2ccc(S(=O)(=O)[O-])cc2-c2cc(S(=O)(=O)[O-])ccc2Oc2ccc(C(=O)O)cc2)cc1.[Na+].[Na+]. The van der Waals surface area contributed by atoms with Gasteiger partial charge in [0.15, 0.2) is 0 Å². The van der Waals surface area contributed by atoms with Crippen LogP contribution in [0.5, 0.6) is 23.0 Å². The summed E-state index contributed by atoms with van der Waals surface area (Å²) in [6, 6.07) is 16.2. The predicted octanol–water partition coefficient (Wildman–Crippen LogP) is -1.85. The largest absolute Gasteiger partial charge is 1.00 e. The number of benzene rings is 4. The molecular weight excluding hydrogens is 614 g/mol. The molecule has 0 aliphatic rings. The third kappa shape index (κ3) is 8.64. The van der Waals surface area contributed by atoms with Crippen molar-refractivity contribution < 1.29 is 114 Å². The molecule has 4 aromatic rings. The van der Waals surface area contributed by atoms with Gasteiger partial charge in [-0.2, -0.15) is 0 Å². The van der Waals surface area contributed by atoms with Gasteiger partial charge in [0.2, 0.25) is 0 Å². The van der Waals surface area contributed by atoms with Crippen molar-refractivity contribution in [1.82, 2.24) is 0 Å². The second-order valence-corrected chi connectivity index (χ2v) is 10.8. The number of carbonyl (C=O) groups is 2. The maximum atomic E-state index is 11.8. The molecule has 0 amide bonds. The zero-order chi connectivity index (χ0) is 29.2. The van der Waals surface area contributed by atoms with Crippen LogP contribution in [-0.4, -0.2) is 48.1 Å². The topological polar surface area (TPSA) is 207 Å². The first-order valence-electron chi connectivity index (χ1n) is 10.9. The minimum absolute atomic E-state index is 0. The van der Waals surface area contributed by atoms with Crippen LogP contribution in [0.25, 0.3) is 11.1 Å². The van der Waals surface area contributed by atoms with Gasteiger partial charge >= 0.3 is 71.1 Å². The summed E-state index contributed by atoms with van der Waals surface area (Å²) >= 11 is 0. The van der Waals surface area contributed by atoms with Gasteiger partial charge in [-0.3, -0.25) is 0 Å². The van der Waals surface area contributed by atoms with Gasteiger partial charge in [0.1, 0.15) is 43.2 Å². The van der Waals surface area contributed by atoms with Crippen molar-refractivity contribution in [2.24, 2.45) is 0 Å². The molecule has 2 N–H and O–H groups in total. The molecule has 206 valence electrons. The van der Waals surface area contributed by atoms with Crippen LogP contribution in [0, 0.1) is 0 Å². The van der Waals surface area contributed by atoms with Crippen molar-refractivity contribution in [2.45, 2.75) is 9.79 Å². The predicted molar refractivity (Wildman–Crippen MR) is 135 cm³/mol. The van der Waals surface area contributed by atoms with Crippen molar-refractivity contribution in [1.29, 1.82) is 0 Å². The Balaban J connectivity index is 0.00000308. The van der Waals surface area contributed by atoms with E-state index >= 15 is 0 Å². The zero-order valence-corrected chi connectivity index (χ0v) is 27.5. The van der Waals surface area contributed by atoms with Crippen molar-refractivity contribution in [3.05, 3.63) is 96.1 Å². The second-order valence-electron chi connectivity index (χ2n) is 8.09.